The molecule has 17 nitrogen and oxygen atoms in total. The molecule has 3 amide bonds. The van der Waals surface area contributed by atoms with Crippen molar-refractivity contribution < 1.29 is 105 Å². The minimum atomic E-state index is -0.934. The van der Waals surface area contributed by atoms with E-state index in [0.717, 1.165) is 58.8 Å². The van der Waals surface area contributed by atoms with Crippen molar-refractivity contribution in [2.75, 3.05) is 40.0 Å². The summed E-state index contributed by atoms with van der Waals surface area (Å²) in [6.45, 7) is 8.55. The van der Waals surface area contributed by atoms with Gasteiger partial charge in [-0.05, 0) is 141 Å². The van der Waals surface area contributed by atoms with Crippen LogP contribution in [0.5, 0.6) is 0 Å². The Labute approximate surface area is 497 Å². The van der Waals surface area contributed by atoms with E-state index in [-0.39, 0.29) is 80.7 Å². The molecule has 9 rings (SSSR count). The molecule has 0 fully saturated rings. The van der Waals surface area contributed by atoms with Gasteiger partial charge in [0.15, 0.2) is 0 Å². The molecule has 0 saturated carbocycles. The molecule has 0 spiro atoms. The summed E-state index contributed by atoms with van der Waals surface area (Å²) in [5.41, 5.74) is 6.35. The number of ether oxygens (including phenoxy) is 2. The number of rotatable bonds is 8. The van der Waals surface area contributed by atoms with E-state index in [1.54, 1.807) is 100 Å². The Balaban J connectivity index is 0.000000263. The van der Waals surface area contributed by atoms with Crippen LogP contribution in [0.2, 0.25) is 15.1 Å². The topological polar surface area (TPSA) is 261 Å². The Morgan fingerprint density at radius 1 is 0.622 bits per heavy atom. The van der Waals surface area contributed by atoms with E-state index >= 15 is 0 Å². The molecule has 3 aromatic carbocycles. The second-order valence-electron chi connectivity index (χ2n) is 15.3. The summed E-state index contributed by atoms with van der Waals surface area (Å²) in [6, 6.07) is 25.2. The van der Waals surface area contributed by atoms with E-state index in [1.165, 1.54) is 45.2 Å². The molecule has 0 saturated heterocycles. The summed E-state index contributed by atoms with van der Waals surface area (Å²) in [7, 11) is 1.00. The molecule has 6 aromatic rings. The van der Waals surface area contributed by atoms with Crippen molar-refractivity contribution >= 4 is 104 Å². The van der Waals surface area contributed by atoms with Gasteiger partial charge in [0.05, 0.1) is 23.7 Å². The van der Waals surface area contributed by atoms with E-state index in [1.807, 2.05) is 19.1 Å². The molecule has 3 aromatic heterocycles. The monoisotopic (exact) mass is 1160 g/mol. The number of aliphatic hydroxyl groups is 1. The predicted molar refractivity (Wildman–Crippen MR) is 283 cm³/mol. The molecule has 3 aliphatic rings. The smallest absolute Gasteiger partial charge is 0.790 e. The molecule has 74 heavy (non-hydrogen) atoms. The summed E-state index contributed by atoms with van der Waals surface area (Å²) in [6.07, 6.45) is 2.50. The zero-order valence-electron chi connectivity index (χ0n) is 40.8. The fourth-order valence-electron chi connectivity index (χ4n) is 7.18. The fourth-order valence-corrected chi connectivity index (χ4v) is 10.7. The third-order valence-corrected chi connectivity index (χ3v) is 15.0. The second kappa shape index (κ2) is 33.1. The number of aromatic carboxylic acids is 1. The quantitative estimate of drug-likeness (QED) is 0.0432. The number of carbonyl (C=O) groups is 6. The number of esters is 2. The molecule has 0 bridgehead atoms. The predicted octanol–water partition coefficient (Wildman–Crippen LogP) is 6.16. The van der Waals surface area contributed by atoms with Gasteiger partial charge in [-0.1, -0.05) is 34.8 Å². The van der Waals surface area contributed by atoms with Crippen molar-refractivity contribution in [3.8, 4) is 0 Å². The van der Waals surface area contributed by atoms with Gasteiger partial charge in [0.2, 0.25) is 0 Å². The van der Waals surface area contributed by atoms with Crippen LogP contribution < -0.4 is 68.1 Å². The van der Waals surface area contributed by atoms with Crippen LogP contribution in [0.3, 0.4) is 0 Å². The van der Waals surface area contributed by atoms with Gasteiger partial charge in [0.1, 0.15) is 9.75 Å². The van der Waals surface area contributed by atoms with Crippen molar-refractivity contribution in [2.24, 2.45) is 5.90 Å². The van der Waals surface area contributed by atoms with E-state index < -0.39 is 11.9 Å². The number of amides is 3. The molecule has 7 N–H and O–H groups in total. The minimum absolute atomic E-state index is 0. The second-order valence-corrected chi connectivity index (χ2v) is 20.0. The first kappa shape index (κ1) is 64.2. The number of carboxylic acid groups (broad SMARTS) is 1. The maximum Gasteiger partial charge on any atom is 1.00 e. The number of halogens is 3. The third-order valence-electron chi connectivity index (χ3n) is 10.6. The first-order valence-corrected chi connectivity index (χ1v) is 25.9. The van der Waals surface area contributed by atoms with E-state index in [2.05, 4.69) is 11.2 Å². The summed E-state index contributed by atoms with van der Waals surface area (Å²) in [5, 5.41) is 36.9. The first-order valence-electron chi connectivity index (χ1n) is 22.3. The minimum Gasteiger partial charge on any atom is -0.790 e. The number of nitrogens with zero attached hydrogens (tertiary/aromatic N) is 2. The summed E-state index contributed by atoms with van der Waals surface area (Å²) in [5.74, 6) is 1.25. The summed E-state index contributed by atoms with van der Waals surface area (Å²) >= 11 is 21.6. The van der Waals surface area contributed by atoms with Gasteiger partial charge in [-0.3, -0.25) is 19.6 Å². The molecule has 390 valence electrons. The fraction of sp³-hybridized carbons (Fsp3) is 0.280. The maximum absolute atomic E-state index is 12.6. The summed E-state index contributed by atoms with van der Waals surface area (Å²) < 4.78 is 10.00. The van der Waals surface area contributed by atoms with Crippen LogP contribution in [0, 0.1) is 5.21 Å². The Hall–Kier alpha value is -4.11. The maximum atomic E-state index is 12.6. The Morgan fingerprint density at radius 2 is 0.986 bits per heavy atom. The number of hydrogen-bond acceptors (Lipinski definition) is 16. The Kier molecular flexibility index (Phi) is 28.7. The molecule has 0 atom stereocenters. The zero-order valence-corrected chi connectivity index (χ0v) is 48.6. The number of hydroxylamine groups is 1. The van der Waals surface area contributed by atoms with E-state index in [9.17, 15) is 28.8 Å². The molecule has 0 radical (unpaired) electrons. The number of fused-ring (bicyclic) bond motifs is 3. The summed E-state index contributed by atoms with van der Waals surface area (Å²) in [4.78, 5) is 78.9. The average molecular weight is 1160 g/mol. The van der Waals surface area contributed by atoms with Crippen molar-refractivity contribution in [3.63, 3.8) is 0 Å². The van der Waals surface area contributed by atoms with Crippen LogP contribution in [-0.4, -0.2) is 101 Å². The average Bonchev–Trinajstić information content (AvgIpc) is 4.18. The zero-order chi connectivity index (χ0) is 53.6. The molecular weight excluding hydrogens is 1100 g/mol. The number of hydrogen-bond donors (Lipinski definition) is 6. The number of benzene rings is 3. The number of nitrogens with two attached hydrogens (primary N) is 1. The largest absolute Gasteiger partial charge is 1.00 e. The van der Waals surface area contributed by atoms with Crippen LogP contribution in [0.4, 0.5) is 0 Å². The van der Waals surface area contributed by atoms with Crippen LogP contribution in [0.25, 0.3) is 0 Å². The van der Waals surface area contributed by atoms with Crippen LogP contribution in [-0.2, 0) is 48.4 Å². The molecule has 6 heterocycles. The van der Waals surface area contributed by atoms with Crippen molar-refractivity contribution in [1.29, 1.82) is 0 Å². The number of carbonyl (C=O) groups excluding carboxylic acids is 5. The Morgan fingerprint density at radius 3 is 1.36 bits per heavy atom. The van der Waals surface area contributed by atoms with Crippen molar-refractivity contribution in [1.82, 2.24) is 20.6 Å². The molecule has 24 heteroatoms. The number of nitrogens with one attached hydrogen (secondary N) is 2. The third kappa shape index (κ3) is 18.9. The van der Waals surface area contributed by atoms with Gasteiger partial charge in [0.25, 0.3) is 17.7 Å². The molecule has 0 aliphatic carbocycles. The number of thiophene rings is 3. The first-order chi connectivity index (χ1) is 35.2. The Bertz CT molecular complexity index is 2770. The van der Waals surface area contributed by atoms with Gasteiger partial charge in [0, 0.05) is 87.2 Å². The van der Waals surface area contributed by atoms with Gasteiger partial charge in [-0.25, -0.2) is 19.9 Å². The molecule has 3 aliphatic heterocycles. The van der Waals surface area contributed by atoms with Crippen molar-refractivity contribution in [2.45, 2.75) is 52.7 Å². The van der Waals surface area contributed by atoms with Crippen LogP contribution in [0.1, 0.15) is 105 Å². The number of carboxylic acids is 1. The van der Waals surface area contributed by atoms with Crippen molar-refractivity contribution in [3.05, 3.63) is 174 Å². The normalized spacial score (nSPS) is 12.5. The number of aliphatic hydroxyl groups excluding tert-OH is 1. The van der Waals surface area contributed by atoms with Gasteiger partial charge >= 0.3 is 69.3 Å². The van der Waals surface area contributed by atoms with Gasteiger partial charge in [-0.15, -0.1) is 34.0 Å². The van der Waals surface area contributed by atoms with Gasteiger partial charge < -0.3 is 45.9 Å². The molecule has 0 unspecified atom stereocenters. The van der Waals surface area contributed by atoms with Crippen LogP contribution >= 0.6 is 68.8 Å². The van der Waals surface area contributed by atoms with Crippen LogP contribution in [0.15, 0.2) is 91.0 Å². The standard InChI is InChI=1S/C17H16ClNO3S.C15H13ClN2O3S.C10H13NO2S.C7H5ClO2.CH4O.K.H2NO/c1-2-22-17(21)15-9-12-10-19(8-7-14(12)23-15)16(20)11-3-5-13(18)6-4-11;16-11-3-1-9(2-4-11)15(20)18-6-5-12-10(8-18)7-13(22-12)14(19)17-21;1-2-13-10(12)9-5-7-6-11-4-3-8(7)14-9;8-6-3-1-5(2-4-6)7(9)10;1-2;;1-2/h3-6,9H,2,7-8,10H2,1H3;1-4,7,21H,5-6,8H2,(H,17,19);5,11H,2-4,6H2,1H3;1-4H,(H,9,10);2H,1H3;;1H2/q;;;;;+1;-1. The molecular formula is C50H53Cl3KN5O12S3. The van der Waals surface area contributed by atoms with E-state index in [0.29, 0.717) is 81.8 Å². The van der Waals surface area contributed by atoms with Gasteiger partial charge in [-0.2, -0.15) is 0 Å². The van der Waals surface area contributed by atoms with E-state index in [4.69, 9.17) is 64.9 Å². The SMILES string of the molecule is CCOC(=O)c1cc2c(s1)CCN(C(=O)c1ccc(Cl)cc1)C2.CCOC(=O)c1cc2c(s1)CCNC2.CO.N[O-].O=C(NO)c1cc2c(s1)CCN(C(=O)c1ccc(Cl)cc1)C2.O=C(O)c1ccc(Cl)cc1.[K+].